The molecule has 5 heteroatoms. The summed E-state index contributed by atoms with van der Waals surface area (Å²) in [6.45, 7) is 9.11. The van der Waals surface area contributed by atoms with Gasteiger partial charge in [-0.25, -0.2) is 0 Å². The van der Waals surface area contributed by atoms with Gasteiger partial charge in [0.2, 0.25) is 5.91 Å². The minimum absolute atomic E-state index is 0.00114. The van der Waals surface area contributed by atoms with Crippen LogP contribution in [-0.4, -0.2) is 73.4 Å². The van der Waals surface area contributed by atoms with Crippen molar-refractivity contribution in [2.24, 2.45) is 0 Å². The average molecular weight is 336 g/mol. The van der Waals surface area contributed by atoms with Crippen LogP contribution in [0.1, 0.15) is 25.8 Å². The third-order valence-corrected chi connectivity index (χ3v) is 4.14. The molecule has 1 N–H and O–H groups in total. The molecule has 1 aromatic rings. The highest BCUT2D eigenvalue weighted by Gasteiger charge is 2.13. The number of carbonyl (C=O) groups excluding carboxylic acids is 1. The van der Waals surface area contributed by atoms with Gasteiger partial charge in [0.25, 0.3) is 0 Å². The molecule has 0 radical (unpaired) electrons. The molecule has 0 aliphatic carbocycles. The van der Waals surface area contributed by atoms with E-state index in [0.29, 0.717) is 32.7 Å². The molecular formula is C19H32N2O3. The van der Waals surface area contributed by atoms with E-state index in [1.165, 1.54) is 5.56 Å². The zero-order valence-corrected chi connectivity index (χ0v) is 15.1. The van der Waals surface area contributed by atoms with Crippen molar-refractivity contribution in [1.82, 2.24) is 9.80 Å². The lowest BCUT2D eigenvalue weighted by Crippen LogP contribution is -2.40. The summed E-state index contributed by atoms with van der Waals surface area (Å²) in [4.78, 5) is 16.3. The molecule has 0 unspecified atom stereocenters. The molecule has 0 aliphatic heterocycles. The summed E-state index contributed by atoms with van der Waals surface area (Å²) in [5.41, 5.74) is 1.24. The lowest BCUT2D eigenvalue weighted by atomic mass is 10.2. The number of hydrogen-bond donors (Lipinski definition) is 1. The van der Waals surface area contributed by atoms with Gasteiger partial charge in [-0.3, -0.25) is 4.79 Å². The third kappa shape index (κ3) is 8.43. The topological polar surface area (TPSA) is 53.0 Å². The summed E-state index contributed by atoms with van der Waals surface area (Å²) >= 11 is 0. The number of carbonyl (C=O) groups is 1. The van der Waals surface area contributed by atoms with Gasteiger partial charge in [-0.2, -0.15) is 0 Å². The first kappa shape index (κ1) is 20.6. The van der Waals surface area contributed by atoms with Gasteiger partial charge in [-0.1, -0.05) is 44.2 Å². The van der Waals surface area contributed by atoms with Crippen LogP contribution in [-0.2, 0) is 16.0 Å². The maximum Gasteiger partial charge on any atom is 0.225 e. The molecule has 0 spiro atoms. The fraction of sp³-hybridized carbons (Fsp3) is 0.632. The Morgan fingerprint density at radius 2 is 1.75 bits per heavy atom. The molecule has 0 aliphatic rings. The van der Waals surface area contributed by atoms with Crippen LogP contribution in [0.15, 0.2) is 30.3 Å². The minimum atomic E-state index is -0.00114. The van der Waals surface area contributed by atoms with E-state index in [4.69, 9.17) is 9.84 Å². The van der Waals surface area contributed by atoms with E-state index < -0.39 is 0 Å². The van der Waals surface area contributed by atoms with Gasteiger partial charge < -0.3 is 19.6 Å². The summed E-state index contributed by atoms with van der Waals surface area (Å²) in [5.74, 6) is 0.0518. The number of ether oxygens (including phenoxy) is 1. The molecule has 0 atom stereocenters. The highest BCUT2D eigenvalue weighted by molar-refractivity contribution is 5.76. The minimum Gasteiger partial charge on any atom is -0.395 e. The van der Waals surface area contributed by atoms with Crippen molar-refractivity contribution in [3.63, 3.8) is 0 Å². The summed E-state index contributed by atoms with van der Waals surface area (Å²) in [6, 6.07) is 10.2. The van der Waals surface area contributed by atoms with Crippen molar-refractivity contribution < 1.29 is 14.6 Å². The average Bonchev–Trinajstić information content (AvgIpc) is 2.62. The number of nitrogens with zero attached hydrogens (tertiary/aromatic N) is 2. The summed E-state index contributed by atoms with van der Waals surface area (Å²) in [6.07, 6.45) is 1.23. The molecule has 0 saturated heterocycles. The second-order valence-corrected chi connectivity index (χ2v) is 5.73. The Labute approximate surface area is 146 Å². The Morgan fingerprint density at radius 3 is 2.38 bits per heavy atom. The molecule has 24 heavy (non-hydrogen) atoms. The van der Waals surface area contributed by atoms with Gasteiger partial charge in [0.15, 0.2) is 0 Å². The van der Waals surface area contributed by atoms with Crippen molar-refractivity contribution in [3.8, 4) is 0 Å². The Kier molecular flexibility index (Phi) is 11.1. The lowest BCUT2D eigenvalue weighted by Gasteiger charge is -2.26. The third-order valence-electron chi connectivity index (χ3n) is 4.14. The van der Waals surface area contributed by atoms with Gasteiger partial charge in [-0.05, 0) is 25.1 Å². The standard InChI is InChI=1S/C19H32N2O3/c1-3-20(4-2)12-13-21(14-15-22)19(23)11-17-24-16-10-18-8-6-5-7-9-18/h5-9,22H,3-4,10-17H2,1-2H3. The van der Waals surface area contributed by atoms with Crippen LogP contribution in [0.2, 0.25) is 0 Å². The van der Waals surface area contributed by atoms with E-state index in [1.807, 2.05) is 18.2 Å². The van der Waals surface area contributed by atoms with E-state index in [-0.39, 0.29) is 12.5 Å². The van der Waals surface area contributed by atoms with Crippen LogP contribution >= 0.6 is 0 Å². The number of amides is 1. The fourth-order valence-electron chi connectivity index (χ4n) is 2.54. The molecule has 0 aromatic heterocycles. The van der Waals surface area contributed by atoms with E-state index in [1.54, 1.807) is 4.90 Å². The number of aliphatic hydroxyl groups is 1. The van der Waals surface area contributed by atoms with Crippen molar-refractivity contribution >= 4 is 5.91 Å². The van der Waals surface area contributed by atoms with Crippen LogP contribution in [0.4, 0.5) is 0 Å². The number of rotatable bonds is 13. The molecule has 0 fully saturated rings. The van der Waals surface area contributed by atoms with E-state index >= 15 is 0 Å². The largest absolute Gasteiger partial charge is 0.395 e. The smallest absolute Gasteiger partial charge is 0.225 e. The Balaban J connectivity index is 2.24. The highest BCUT2D eigenvalue weighted by atomic mass is 16.5. The molecule has 5 nitrogen and oxygen atoms in total. The second-order valence-electron chi connectivity index (χ2n) is 5.73. The molecule has 1 rings (SSSR count). The molecule has 0 bridgehead atoms. The Bertz CT molecular complexity index is 435. The van der Waals surface area contributed by atoms with Gasteiger partial charge in [-0.15, -0.1) is 0 Å². The maximum atomic E-state index is 12.3. The predicted molar refractivity (Wildman–Crippen MR) is 97.0 cm³/mol. The van der Waals surface area contributed by atoms with Crippen LogP contribution < -0.4 is 0 Å². The van der Waals surface area contributed by atoms with Crippen molar-refractivity contribution in [2.45, 2.75) is 26.7 Å². The van der Waals surface area contributed by atoms with Gasteiger partial charge in [0.1, 0.15) is 0 Å². The molecule has 0 saturated carbocycles. The van der Waals surface area contributed by atoms with Crippen LogP contribution in [0.5, 0.6) is 0 Å². The van der Waals surface area contributed by atoms with E-state index in [0.717, 1.165) is 26.1 Å². The van der Waals surface area contributed by atoms with Gasteiger partial charge in [0.05, 0.1) is 26.2 Å². The molecular weight excluding hydrogens is 304 g/mol. The van der Waals surface area contributed by atoms with Crippen molar-refractivity contribution in [1.29, 1.82) is 0 Å². The normalized spacial score (nSPS) is 11.0. The van der Waals surface area contributed by atoms with Crippen LogP contribution in [0, 0.1) is 0 Å². The summed E-state index contributed by atoms with van der Waals surface area (Å²) < 4.78 is 5.58. The Morgan fingerprint density at radius 1 is 1.04 bits per heavy atom. The molecule has 1 aromatic carbocycles. The molecule has 1 amide bonds. The summed E-state index contributed by atoms with van der Waals surface area (Å²) in [5, 5.41) is 9.16. The highest BCUT2D eigenvalue weighted by Crippen LogP contribution is 2.01. The second kappa shape index (κ2) is 12.9. The first-order valence-electron chi connectivity index (χ1n) is 8.93. The SMILES string of the molecule is CCN(CC)CCN(CCO)C(=O)CCOCCc1ccccc1. The fourth-order valence-corrected chi connectivity index (χ4v) is 2.54. The zero-order valence-electron chi connectivity index (χ0n) is 15.1. The van der Waals surface area contributed by atoms with Crippen molar-refractivity contribution in [2.75, 3.05) is 52.5 Å². The number of benzene rings is 1. The van der Waals surface area contributed by atoms with Crippen molar-refractivity contribution in [3.05, 3.63) is 35.9 Å². The predicted octanol–water partition coefficient (Wildman–Crippen LogP) is 1.80. The van der Waals surface area contributed by atoms with E-state index in [9.17, 15) is 4.79 Å². The zero-order chi connectivity index (χ0) is 17.6. The maximum absolute atomic E-state index is 12.3. The number of hydrogen-bond acceptors (Lipinski definition) is 4. The molecule has 0 heterocycles. The number of aliphatic hydroxyl groups excluding tert-OH is 1. The van der Waals surface area contributed by atoms with Crippen LogP contribution in [0.3, 0.4) is 0 Å². The first-order chi connectivity index (χ1) is 11.7. The van der Waals surface area contributed by atoms with E-state index in [2.05, 4.69) is 30.9 Å². The first-order valence-corrected chi connectivity index (χ1v) is 8.93. The lowest BCUT2D eigenvalue weighted by molar-refractivity contribution is -0.133. The Hall–Kier alpha value is -1.43. The molecule has 136 valence electrons. The monoisotopic (exact) mass is 336 g/mol. The van der Waals surface area contributed by atoms with Gasteiger partial charge >= 0.3 is 0 Å². The quantitative estimate of drug-likeness (QED) is 0.558. The number of likely N-dealkylation sites (N-methyl/N-ethyl adjacent to an activating group) is 1. The summed E-state index contributed by atoms with van der Waals surface area (Å²) in [7, 11) is 0. The van der Waals surface area contributed by atoms with Gasteiger partial charge in [0, 0.05) is 19.6 Å². The van der Waals surface area contributed by atoms with Crippen LogP contribution in [0.25, 0.3) is 0 Å².